The molecule has 0 aromatic heterocycles. The van der Waals surface area contributed by atoms with Crippen LogP contribution in [0.4, 0.5) is 0 Å². The van der Waals surface area contributed by atoms with Gasteiger partial charge in [0.15, 0.2) is 0 Å². The fourth-order valence-corrected chi connectivity index (χ4v) is 1.98. The molecular formula is C14H20ClNO2. The summed E-state index contributed by atoms with van der Waals surface area (Å²) in [5, 5.41) is 13.6. The van der Waals surface area contributed by atoms with Crippen molar-refractivity contribution in [3.05, 3.63) is 29.3 Å². The maximum absolute atomic E-state index is 9.75. The predicted molar refractivity (Wildman–Crippen MR) is 73.2 cm³/mol. The van der Waals surface area contributed by atoms with Crippen molar-refractivity contribution in [1.29, 1.82) is 0 Å². The maximum atomic E-state index is 9.75. The Morgan fingerprint density at radius 2 is 2.17 bits per heavy atom. The highest BCUT2D eigenvalue weighted by atomic mass is 35.5. The van der Waals surface area contributed by atoms with Crippen molar-refractivity contribution in [2.24, 2.45) is 5.92 Å². The van der Waals surface area contributed by atoms with Gasteiger partial charge in [-0.1, -0.05) is 36.6 Å². The largest absolute Gasteiger partial charge is 0.489 e. The molecule has 0 spiro atoms. The number of aliphatic hydroxyl groups is 1. The number of benzene rings is 1. The highest BCUT2D eigenvalue weighted by molar-refractivity contribution is 6.32. The van der Waals surface area contributed by atoms with Crippen LogP contribution in [0, 0.1) is 5.92 Å². The first-order chi connectivity index (χ1) is 8.75. The van der Waals surface area contributed by atoms with Gasteiger partial charge in [-0.15, -0.1) is 0 Å². The monoisotopic (exact) mass is 269 g/mol. The van der Waals surface area contributed by atoms with Gasteiger partial charge in [0.1, 0.15) is 18.5 Å². The lowest BCUT2D eigenvalue weighted by Crippen LogP contribution is -2.32. The van der Waals surface area contributed by atoms with Crippen LogP contribution in [-0.4, -0.2) is 30.9 Å². The van der Waals surface area contributed by atoms with E-state index in [1.165, 1.54) is 19.3 Å². The van der Waals surface area contributed by atoms with E-state index in [4.69, 9.17) is 16.3 Å². The zero-order chi connectivity index (χ0) is 12.8. The number of nitrogens with one attached hydrogen (secondary N) is 1. The molecule has 1 aliphatic carbocycles. The summed E-state index contributed by atoms with van der Waals surface area (Å²) < 4.78 is 5.47. The van der Waals surface area contributed by atoms with E-state index in [2.05, 4.69) is 5.32 Å². The van der Waals surface area contributed by atoms with E-state index in [1.807, 2.05) is 12.1 Å². The molecule has 0 saturated heterocycles. The van der Waals surface area contributed by atoms with Crippen LogP contribution < -0.4 is 10.1 Å². The zero-order valence-corrected chi connectivity index (χ0v) is 11.2. The van der Waals surface area contributed by atoms with E-state index in [1.54, 1.807) is 12.1 Å². The van der Waals surface area contributed by atoms with Gasteiger partial charge in [0.2, 0.25) is 0 Å². The van der Waals surface area contributed by atoms with Gasteiger partial charge in [0.25, 0.3) is 0 Å². The molecule has 0 radical (unpaired) electrons. The summed E-state index contributed by atoms with van der Waals surface area (Å²) in [4.78, 5) is 0. The van der Waals surface area contributed by atoms with Crippen LogP contribution in [0.5, 0.6) is 5.75 Å². The Bertz CT molecular complexity index is 369. The summed E-state index contributed by atoms with van der Waals surface area (Å²) in [7, 11) is 0. The molecule has 1 aromatic carbocycles. The molecule has 18 heavy (non-hydrogen) atoms. The second kappa shape index (κ2) is 6.98. The molecule has 0 bridgehead atoms. The number of para-hydroxylation sites is 1. The van der Waals surface area contributed by atoms with Crippen LogP contribution in [0.1, 0.15) is 19.3 Å². The van der Waals surface area contributed by atoms with Gasteiger partial charge in [-0.25, -0.2) is 0 Å². The van der Waals surface area contributed by atoms with E-state index in [9.17, 15) is 5.11 Å². The highest BCUT2D eigenvalue weighted by Gasteiger charge is 2.20. The van der Waals surface area contributed by atoms with Gasteiger partial charge in [-0.2, -0.15) is 0 Å². The molecule has 0 heterocycles. The van der Waals surface area contributed by atoms with Crippen LogP contribution in [0.3, 0.4) is 0 Å². The fraction of sp³-hybridized carbons (Fsp3) is 0.571. The topological polar surface area (TPSA) is 41.5 Å². The van der Waals surface area contributed by atoms with Crippen LogP contribution in [0.15, 0.2) is 24.3 Å². The number of aliphatic hydroxyl groups excluding tert-OH is 1. The first kappa shape index (κ1) is 13.7. The third kappa shape index (κ3) is 4.84. The third-order valence-electron chi connectivity index (χ3n) is 3.07. The Balaban J connectivity index is 1.58. The maximum Gasteiger partial charge on any atom is 0.138 e. The standard InChI is InChI=1S/C14H20ClNO2/c15-13-3-1-2-4-14(13)18-10-12(17)9-16-8-7-11-5-6-11/h1-4,11-12,16-17H,5-10H2. The molecule has 1 saturated carbocycles. The van der Waals surface area contributed by atoms with E-state index in [0.717, 1.165) is 12.5 Å². The number of rotatable bonds is 8. The fourth-order valence-electron chi connectivity index (χ4n) is 1.79. The minimum absolute atomic E-state index is 0.264. The van der Waals surface area contributed by atoms with Gasteiger partial charge in [-0.3, -0.25) is 0 Å². The Morgan fingerprint density at radius 3 is 2.89 bits per heavy atom. The number of ether oxygens (including phenoxy) is 1. The second-order valence-electron chi connectivity index (χ2n) is 4.83. The van der Waals surface area contributed by atoms with Crippen molar-refractivity contribution >= 4 is 11.6 Å². The average Bonchev–Trinajstić information content (AvgIpc) is 3.18. The molecule has 1 fully saturated rings. The van der Waals surface area contributed by atoms with Crippen molar-refractivity contribution in [1.82, 2.24) is 5.32 Å². The minimum Gasteiger partial charge on any atom is -0.489 e. The first-order valence-corrected chi connectivity index (χ1v) is 6.89. The molecule has 2 rings (SSSR count). The second-order valence-corrected chi connectivity index (χ2v) is 5.24. The molecule has 100 valence electrons. The Morgan fingerprint density at radius 1 is 1.39 bits per heavy atom. The van der Waals surface area contributed by atoms with E-state index in [-0.39, 0.29) is 6.61 Å². The first-order valence-electron chi connectivity index (χ1n) is 6.52. The van der Waals surface area contributed by atoms with Crippen molar-refractivity contribution in [2.45, 2.75) is 25.4 Å². The lowest BCUT2D eigenvalue weighted by molar-refractivity contribution is 0.106. The van der Waals surface area contributed by atoms with E-state index >= 15 is 0 Å². The summed E-state index contributed by atoms with van der Waals surface area (Å²) in [5.74, 6) is 1.55. The van der Waals surface area contributed by atoms with Crippen LogP contribution in [-0.2, 0) is 0 Å². The van der Waals surface area contributed by atoms with Crippen molar-refractivity contribution in [3.63, 3.8) is 0 Å². The Hall–Kier alpha value is -0.770. The summed E-state index contributed by atoms with van der Waals surface area (Å²) in [5.41, 5.74) is 0. The van der Waals surface area contributed by atoms with Gasteiger partial charge in [0, 0.05) is 6.54 Å². The molecule has 4 heteroatoms. The molecule has 1 unspecified atom stereocenters. The number of hydrogen-bond donors (Lipinski definition) is 2. The Labute approximate surface area is 113 Å². The summed E-state index contributed by atoms with van der Waals surface area (Å²) >= 11 is 5.95. The highest BCUT2D eigenvalue weighted by Crippen LogP contribution is 2.31. The summed E-state index contributed by atoms with van der Waals surface area (Å²) in [6, 6.07) is 7.29. The minimum atomic E-state index is -0.500. The smallest absolute Gasteiger partial charge is 0.138 e. The van der Waals surface area contributed by atoms with Gasteiger partial charge < -0.3 is 15.2 Å². The zero-order valence-electron chi connectivity index (χ0n) is 10.4. The number of halogens is 1. The molecule has 1 aliphatic rings. The average molecular weight is 270 g/mol. The molecule has 0 amide bonds. The van der Waals surface area contributed by atoms with Gasteiger partial charge in [0.05, 0.1) is 5.02 Å². The molecule has 1 aromatic rings. The predicted octanol–water partition coefficient (Wildman–Crippen LogP) is 2.47. The molecule has 0 aliphatic heterocycles. The third-order valence-corrected chi connectivity index (χ3v) is 3.39. The van der Waals surface area contributed by atoms with Crippen LogP contribution >= 0.6 is 11.6 Å². The SMILES string of the molecule is OC(CNCCC1CC1)COc1ccccc1Cl. The number of hydrogen-bond acceptors (Lipinski definition) is 3. The molecule has 3 nitrogen and oxygen atoms in total. The lowest BCUT2D eigenvalue weighted by atomic mass is 10.3. The van der Waals surface area contributed by atoms with Crippen LogP contribution in [0.25, 0.3) is 0 Å². The van der Waals surface area contributed by atoms with Gasteiger partial charge in [-0.05, 0) is 31.0 Å². The normalized spacial score (nSPS) is 16.6. The van der Waals surface area contributed by atoms with Crippen LogP contribution in [0.2, 0.25) is 5.02 Å². The molecule has 2 N–H and O–H groups in total. The quantitative estimate of drug-likeness (QED) is 0.713. The van der Waals surface area contributed by atoms with Crippen molar-refractivity contribution in [3.8, 4) is 5.75 Å². The van der Waals surface area contributed by atoms with E-state index < -0.39 is 6.10 Å². The molecule has 1 atom stereocenters. The summed E-state index contributed by atoms with van der Waals surface area (Å²) in [6.45, 7) is 1.81. The van der Waals surface area contributed by atoms with Crippen molar-refractivity contribution < 1.29 is 9.84 Å². The Kier molecular flexibility index (Phi) is 5.29. The lowest BCUT2D eigenvalue weighted by Gasteiger charge is -2.13. The summed E-state index contributed by atoms with van der Waals surface area (Å²) in [6.07, 6.45) is 3.47. The van der Waals surface area contributed by atoms with Crippen molar-refractivity contribution in [2.75, 3.05) is 19.7 Å². The van der Waals surface area contributed by atoms with E-state index in [0.29, 0.717) is 17.3 Å². The molecular weight excluding hydrogens is 250 g/mol. The van der Waals surface area contributed by atoms with Gasteiger partial charge >= 0.3 is 0 Å².